The lowest BCUT2D eigenvalue weighted by atomic mass is 10.0. The first-order chi connectivity index (χ1) is 16.5. The summed E-state index contributed by atoms with van der Waals surface area (Å²) in [5.41, 5.74) is 3.20. The van der Waals surface area contributed by atoms with Crippen LogP contribution in [0.15, 0.2) is 88.3 Å². The summed E-state index contributed by atoms with van der Waals surface area (Å²) in [4.78, 5) is 16.8. The monoisotopic (exact) mass is 475 g/mol. The Bertz CT molecular complexity index is 1420. The van der Waals surface area contributed by atoms with Gasteiger partial charge in [0, 0.05) is 18.7 Å². The van der Waals surface area contributed by atoms with E-state index in [1.165, 1.54) is 34.1 Å². The summed E-state index contributed by atoms with van der Waals surface area (Å²) in [7, 11) is -3.68. The molecule has 5 rings (SSSR count). The van der Waals surface area contributed by atoms with Gasteiger partial charge in [0.2, 0.25) is 15.8 Å². The third kappa shape index (κ3) is 4.48. The quantitative estimate of drug-likeness (QED) is 0.390. The molecule has 0 spiro atoms. The first kappa shape index (κ1) is 22.0. The van der Waals surface area contributed by atoms with Gasteiger partial charge >= 0.3 is 5.97 Å². The minimum atomic E-state index is -3.68. The van der Waals surface area contributed by atoms with Crippen molar-refractivity contribution in [1.82, 2.24) is 14.4 Å². The first-order valence-electron chi connectivity index (χ1n) is 10.7. The second kappa shape index (κ2) is 9.20. The van der Waals surface area contributed by atoms with Crippen LogP contribution in [0.4, 0.5) is 0 Å². The summed E-state index contributed by atoms with van der Waals surface area (Å²) in [6.45, 7) is 0.557. The zero-order valence-corrected chi connectivity index (χ0v) is 18.9. The highest BCUT2D eigenvalue weighted by Crippen LogP contribution is 2.25. The lowest BCUT2D eigenvalue weighted by molar-refractivity contribution is 0.0429. The number of esters is 1. The molecule has 0 atom stereocenters. The number of carbonyl (C=O) groups is 1. The van der Waals surface area contributed by atoms with Crippen molar-refractivity contribution in [2.75, 3.05) is 6.54 Å². The van der Waals surface area contributed by atoms with Crippen LogP contribution in [0.3, 0.4) is 0 Å². The zero-order valence-electron chi connectivity index (χ0n) is 18.1. The van der Waals surface area contributed by atoms with Crippen molar-refractivity contribution in [3.8, 4) is 11.4 Å². The summed E-state index contributed by atoms with van der Waals surface area (Å²) >= 11 is 0. The topological polar surface area (TPSA) is 103 Å². The van der Waals surface area contributed by atoms with Gasteiger partial charge in [-0.05, 0) is 41.8 Å². The van der Waals surface area contributed by atoms with Gasteiger partial charge in [0.05, 0.1) is 10.5 Å². The van der Waals surface area contributed by atoms with Crippen molar-refractivity contribution >= 4 is 16.0 Å². The molecule has 0 aliphatic carbocycles. The highest BCUT2D eigenvalue weighted by atomic mass is 32.2. The molecule has 9 heteroatoms. The van der Waals surface area contributed by atoms with Gasteiger partial charge in [-0.3, -0.25) is 0 Å². The molecule has 1 aliphatic heterocycles. The largest absolute Gasteiger partial charge is 0.452 e. The second-order valence-corrected chi connectivity index (χ2v) is 9.77. The summed E-state index contributed by atoms with van der Waals surface area (Å²) in [5.74, 6) is -0.0476. The predicted molar refractivity (Wildman–Crippen MR) is 123 cm³/mol. The Morgan fingerprint density at radius 3 is 2.41 bits per heavy atom. The van der Waals surface area contributed by atoms with Crippen molar-refractivity contribution in [3.05, 3.63) is 101 Å². The standard InChI is InChI=1S/C25H21N3O5S/c29-25(32-17-23-26-24(27-33-23)19-7-2-1-3-8-19)20-10-12-22(13-11-20)34(30,31)28-15-14-18-6-4-5-9-21(18)16-28/h1-13H,14-17H2. The Labute approximate surface area is 196 Å². The van der Waals surface area contributed by atoms with Crippen molar-refractivity contribution in [2.24, 2.45) is 0 Å². The fourth-order valence-electron chi connectivity index (χ4n) is 3.82. The Kier molecular flexibility index (Phi) is 5.95. The average Bonchev–Trinajstić information content (AvgIpc) is 3.37. The molecule has 2 heterocycles. The maximum atomic E-state index is 13.1. The molecule has 34 heavy (non-hydrogen) atoms. The minimum Gasteiger partial charge on any atom is -0.452 e. The van der Waals surface area contributed by atoms with Crippen LogP contribution in [-0.4, -0.2) is 35.4 Å². The van der Waals surface area contributed by atoms with Gasteiger partial charge in [-0.2, -0.15) is 9.29 Å². The number of sulfonamides is 1. The number of hydrogen-bond acceptors (Lipinski definition) is 7. The number of hydrogen-bond donors (Lipinski definition) is 0. The number of fused-ring (bicyclic) bond motifs is 1. The minimum absolute atomic E-state index is 0.132. The van der Waals surface area contributed by atoms with Crippen LogP contribution in [0.2, 0.25) is 0 Å². The van der Waals surface area contributed by atoms with Crippen LogP contribution in [0.1, 0.15) is 27.4 Å². The summed E-state index contributed by atoms with van der Waals surface area (Å²) in [5, 5.41) is 3.89. The van der Waals surface area contributed by atoms with E-state index in [4.69, 9.17) is 9.26 Å². The van der Waals surface area contributed by atoms with Crippen molar-refractivity contribution in [3.63, 3.8) is 0 Å². The van der Waals surface area contributed by atoms with Gasteiger partial charge in [-0.15, -0.1) is 0 Å². The van der Waals surface area contributed by atoms with Crippen LogP contribution in [0.25, 0.3) is 11.4 Å². The molecule has 3 aromatic carbocycles. The van der Waals surface area contributed by atoms with E-state index in [0.29, 0.717) is 25.3 Å². The third-order valence-corrected chi connectivity index (χ3v) is 7.51. The van der Waals surface area contributed by atoms with E-state index < -0.39 is 16.0 Å². The van der Waals surface area contributed by atoms with Gasteiger partial charge < -0.3 is 9.26 Å². The lowest BCUT2D eigenvalue weighted by Crippen LogP contribution is -2.35. The maximum absolute atomic E-state index is 13.1. The van der Waals surface area contributed by atoms with E-state index in [2.05, 4.69) is 10.1 Å². The molecule has 0 unspecified atom stereocenters. The predicted octanol–water partition coefficient (Wildman–Crippen LogP) is 3.84. The Morgan fingerprint density at radius 1 is 0.941 bits per heavy atom. The van der Waals surface area contributed by atoms with Crippen LogP contribution in [0, 0.1) is 0 Å². The van der Waals surface area contributed by atoms with Gasteiger partial charge in [-0.25, -0.2) is 13.2 Å². The van der Waals surface area contributed by atoms with Crippen molar-refractivity contribution < 1.29 is 22.5 Å². The normalized spacial score (nSPS) is 13.9. The molecule has 8 nitrogen and oxygen atoms in total. The molecule has 4 aromatic rings. The molecule has 0 fully saturated rings. The van der Waals surface area contributed by atoms with Gasteiger partial charge in [-0.1, -0.05) is 59.8 Å². The first-order valence-corrected chi connectivity index (χ1v) is 12.2. The molecule has 0 bridgehead atoms. The fraction of sp³-hybridized carbons (Fsp3) is 0.160. The molecular weight excluding hydrogens is 454 g/mol. The Balaban J connectivity index is 1.23. The van der Waals surface area contributed by atoms with E-state index in [1.54, 1.807) is 0 Å². The average molecular weight is 476 g/mol. The van der Waals surface area contributed by atoms with E-state index >= 15 is 0 Å². The Hall–Kier alpha value is -3.82. The van der Waals surface area contributed by atoms with Gasteiger partial charge in [0.15, 0.2) is 6.61 Å². The second-order valence-electron chi connectivity index (χ2n) is 7.84. The molecule has 172 valence electrons. The Morgan fingerprint density at radius 2 is 1.65 bits per heavy atom. The lowest BCUT2D eigenvalue weighted by Gasteiger charge is -2.28. The zero-order chi connectivity index (χ0) is 23.5. The van der Waals surface area contributed by atoms with Crippen LogP contribution in [-0.2, 0) is 34.3 Å². The molecule has 0 N–H and O–H groups in total. The maximum Gasteiger partial charge on any atom is 0.338 e. The molecular formula is C25H21N3O5S. The van der Waals surface area contributed by atoms with Gasteiger partial charge in [0.25, 0.3) is 5.89 Å². The van der Waals surface area contributed by atoms with Crippen molar-refractivity contribution in [2.45, 2.75) is 24.5 Å². The van der Waals surface area contributed by atoms with Crippen LogP contribution >= 0.6 is 0 Å². The number of benzene rings is 3. The summed E-state index contributed by atoms with van der Waals surface area (Å²) in [6.07, 6.45) is 0.668. The fourth-order valence-corrected chi connectivity index (χ4v) is 5.23. The number of carbonyl (C=O) groups excluding carboxylic acids is 1. The van der Waals surface area contributed by atoms with E-state index in [0.717, 1.165) is 11.1 Å². The summed E-state index contributed by atoms with van der Waals surface area (Å²) in [6, 6.07) is 22.9. The van der Waals surface area contributed by atoms with Crippen molar-refractivity contribution in [1.29, 1.82) is 0 Å². The van der Waals surface area contributed by atoms with E-state index in [9.17, 15) is 13.2 Å². The number of rotatable bonds is 6. The number of aromatic nitrogens is 2. The van der Waals surface area contributed by atoms with E-state index in [-0.39, 0.29) is 23.0 Å². The number of ether oxygens (including phenoxy) is 1. The molecule has 0 saturated carbocycles. The highest BCUT2D eigenvalue weighted by Gasteiger charge is 2.28. The third-order valence-electron chi connectivity index (χ3n) is 5.65. The van der Waals surface area contributed by atoms with Gasteiger partial charge in [0.1, 0.15) is 0 Å². The molecule has 0 radical (unpaired) electrons. The SMILES string of the molecule is O=C(OCc1nc(-c2ccccc2)no1)c1ccc(S(=O)(=O)N2CCc3ccccc3C2)cc1. The smallest absolute Gasteiger partial charge is 0.338 e. The number of nitrogens with zero attached hydrogens (tertiary/aromatic N) is 3. The van der Waals surface area contributed by atoms with Crippen LogP contribution < -0.4 is 0 Å². The van der Waals surface area contributed by atoms with Crippen LogP contribution in [0.5, 0.6) is 0 Å². The molecule has 0 saturated heterocycles. The van der Waals surface area contributed by atoms with E-state index in [1.807, 2.05) is 54.6 Å². The molecule has 0 amide bonds. The highest BCUT2D eigenvalue weighted by molar-refractivity contribution is 7.89. The molecule has 1 aliphatic rings. The summed E-state index contributed by atoms with van der Waals surface area (Å²) < 4.78 is 38.0. The molecule has 1 aromatic heterocycles.